The number of thioether (sulfide) groups is 2. The summed E-state index contributed by atoms with van der Waals surface area (Å²) in [4.78, 5) is 21.4. The number of rotatable bonds is 6. The number of hydrogen-bond donors (Lipinski definition) is 2. The van der Waals surface area contributed by atoms with Crippen LogP contribution in [-0.2, 0) is 9.59 Å². The summed E-state index contributed by atoms with van der Waals surface area (Å²) in [6.07, 6.45) is 0. The highest BCUT2D eigenvalue weighted by Gasteiger charge is 2.14. The molecule has 0 saturated heterocycles. The lowest BCUT2D eigenvalue weighted by Gasteiger charge is -1.92. The van der Waals surface area contributed by atoms with E-state index in [1.54, 1.807) is 0 Å². The Morgan fingerprint density at radius 3 is 2.50 bits per heavy atom. The number of carboxylic acid groups (broad SMARTS) is 2. The van der Waals surface area contributed by atoms with Crippen molar-refractivity contribution in [3.05, 3.63) is 0 Å². The molecule has 2 aromatic rings. The lowest BCUT2D eigenvalue weighted by molar-refractivity contribution is -0.134. The second-order valence-corrected chi connectivity index (χ2v) is 6.03. The highest BCUT2D eigenvalue weighted by atomic mass is 32.2. The van der Waals surface area contributed by atoms with Gasteiger partial charge in [-0.05, 0) is 0 Å². The molecule has 2 aromatic heterocycles. The quantitative estimate of drug-likeness (QED) is 0.737. The van der Waals surface area contributed by atoms with Crippen LogP contribution in [-0.4, -0.2) is 53.5 Å². The predicted molar refractivity (Wildman–Crippen MR) is 65.4 cm³/mol. The average Bonchev–Trinajstić information content (AvgIpc) is 2.83. The van der Waals surface area contributed by atoms with Crippen LogP contribution < -0.4 is 0 Å². The monoisotopic (exact) mass is 306 g/mol. The van der Waals surface area contributed by atoms with Crippen LogP contribution in [0.5, 0.6) is 0 Å². The number of nitrogens with zero attached hydrogens (tertiary/aromatic N) is 4. The minimum Gasteiger partial charge on any atom is -0.481 e. The number of aromatic nitrogens is 4. The molecule has 0 amide bonds. The molecule has 2 N–H and O–H groups in total. The molecule has 96 valence electrons. The van der Waals surface area contributed by atoms with Crippen molar-refractivity contribution in [2.24, 2.45) is 0 Å². The molecule has 0 aliphatic carbocycles. The molecule has 0 bridgehead atoms. The van der Waals surface area contributed by atoms with Crippen LogP contribution in [0.3, 0.4) is 0 Å². The van der Waals surface area contributed by atoms with Crippen molar-refractivity contribution >= 4 is 51.8 Å². The van der Waals surface area contributed by atoms with Crippen LogP contribution in [0.4, 0.5) is 0 Å². The van der Waals surface area contributed by atoms with Crippen molar-refractivity contribution in [2.75, 3.05) is 11.5 Å². The first-order chi connectivity index (χ1) is 8.56. The van der Waals surface area contributed by atoms with Crippen molar-refractivity contribution < 1.29 is 19.8 Å². The Bertz CT molecular complexity index is 595. The van der Waals surface area contributed by atoms with E-state index in [1.807, 2.05) is 0 Å². The molecule has 0 aliphatic rings. The summed E-state index contributed by atoms with van der Waals surface area (Å²) in [6, 6.07) is 0. The van der Waals surface area contributed by atoms with E-state index >= 15 is 0 Å². The van der Waals surface area contributed by atoms with Gasteiger partial charge >= 0.3 is 11.9 Å². The summed E-state index contributed by atoms with van der Waals surface area (Å²) in [6.45, 7) is 0. The topological polar surface area (TPSA) is 118 Å². The van der Waals surface area contributed by atoms with Crippen molar-refractivity contribution in [3.63, 3.8) is 0 Å². The summed E-state index contributed by atoms with van der Waals surface area (Å²) in [5.74, 6) is -2.09. The van der Waals surface area contributed by atoms with Crippen molar-refractivity contribution in [3.8, 4) is 0 Å². The molecule has 0 spiro atoms. The zero-order valence-corrected chi connectivity index (χ0v) is 11.1. The van der Waals surface area contributed by atoms with E-state index in [0.29, 0.717) is 14.5 Å². The van der Waals surface area contributed by atoms with E-state index in [-0.39, 0.29) is 11.5 Å². The molecule has 0 aliphatic heterocycles. The van der Waals surface area contributed by atoms with Crippen LogP contribution in [0.15, 0.2) is 9.50 Å². The molecule has 2 heterocycles. The third-order valence-corrected chi connectivity index (χ3v) is 4.51. The predicted octanol–water partition coefficient (Wildman–Crippen LogP) is 0.539. The van der Waals surface area contributed by atoms with Crippen LogP contribution in [0.1, 0.15) is 0 Å². The SMILES string of the molecule is O=C(O)CSc1nn2c(SCC(=O)O)nnc2s1. The molecule has 0 radical (unpaired) electrons. The minimum atomic E-state index is -0.951. The van der Waals surface area contributed by atoms with Crippen molar-refractivity contribution in [1.29, 1.82) is 0 Å². The van der Waals surface area contributed by atoms with Gasteiger partial charge in [-0.3, -0.25) is 9.59 Å². The van der Waals surface area contributed by atoms with Crippen LogP contribution in [0.25, 0.3) is 4.96 Å². The van der Waals surface area contributed by atoms with Crippen LogP contribution >= 0.6 is 34.9 Å². The Labute approximate surface area is 112 Å². The second kappa shape index (κ2) is 5.54. The molecule has 8 nitrogen and oxygen atoms in total. The maximum Gasteiger partial charge on any atom is 0.313 e. The molecule has 0 fully saturated rings. The smallest absolute Gasteiger partial charge is 0.313 e. The molecule has 0 atom stereocenters. The Morgan fingerprint density at radius 2 is 1.83 bits per heavy atom. The molecule has 0 unspecified atom stereocenters. The molecular formula is C7H6N4O4S3. The fraction of sp³-hybridized carbons (Fsp3) is 0.286. The van der Waals surface area contributed by atoms with Crippen molar-refractivity contribution in [2.45, 2.75) is 9.50 Å². The summed E-state index contributed by atoms with van der Waals surface area (Å²) < 4.78 is 1.97. The molecule has 0 aromatic carbocycles. The van der Waals surface area contributed by atoms with E-state index in [0.717, 1.165) is 23.5 Å². The molecule has 0 saturated carbocycles. The van der Waals surface area contributed by atoms with Crippen LogP contribution in [0.2, 0.25) is 0 Å². The third-order valence-electron chi connectivity index (χ3n) is 1.59. The van der Waals surface area contributed by atoms with Gasteiger partial charge < -0.3 is 10.2 Å². The molecule has 11 heteroatoms. The van der Waals surface area contributed by atoms with E-state index in [9.17, 15) is 9.59 Å². The second-order valence-electron chi connectivity index (χ2n) is 2.91. The van der Waals surface area contributed by atoms with Gasteiger partial charge in [0, 0.05) is 0 Å². The Hall–Kier alpha value is -1.33. The summed E-state index contributed by atoms with van der Waals surface area (Å²) in [7, 11) is 0. The van der Waals surface area contributed by atoms with E-state index < -0.39 is 11.9 Å². The Balaban J connectivity index is 2.13. The number of aliphatic carboxylic acids is 2. The molecule has 18 heavy (non-hydrogen) atoms. The minimum absolute atomic E-state index is 0.0816. The van der Waals surface area contributed by atoms with Gasteiger partial charge in [0.25, 0.3) is 0 Å². The van der Waals surface area contributed by atoms with Gasteiger partial charge in [0.2, 0.25) is 10.1 Å². The summed E-state index contributed by atoms with van der Waals surface area (Å²) >= 11 is 3.31. The highest BCUT2D eigenvalue weighted by molar-refractivity contribution is 8.01. The van der Waals surface area contributed by atoms with Gasteiger partial charge in [-0.2, -0.15) is 4.52 Å². The largest absolute Gasteiger partial charge is 0.481 e. The Morgan fingerprint density at radius 1 is 1.17 bits per heavy atom. The van der Waals surface area contributed by atoms with Gasteiger partial charge in [0.15, 0.2) is 4.34 Å². The van der Waals surface area contributed by atoms with Gasteiger partial charge in [0.05, 0.1) is 11.5 Å². The zero-order valence-electron chi connectivity index (χ0n) is 8.64. The van der Waals surface area contributed by atoms with Crippen LogP contribution in [0, 0.1) is 0 Å². The molecular weight excluding hydrogens is 300 g/mol. The van der Waals surface area contributed by atoms with Gasteiger partial charge in [0.1, 0.15) is 0 Å². The molecule has 2 rings (SSSR count). The zero-order chi connectivity index (χ0) is 13.1. The first-order valence-corrected chi connectivity index (χ1v) is 7.26. The Kier molecular flexibility index (Phi) is 4.04. The third kappa shape index (κ3) is 3.11. The van der Waals surface area contributed by atoms with Gasteiger partial charge in [-0.25, -0.2) is 0 Å². The first-order valence-electron chi connectivity index (χ1n) is 4.47. The first kappa shape index (κ1) is 13.1. The van der Waals surface area contributed by atoms with E-state index in [2.05, 4.69) is 15.3 Å². The lowest BCUT2D eigenvalue weighted by atomic mass is 10.8. The van der Waals surface area contributed by atoms with Gasteiger partial charge in [-0.1, -0.05) is 34.9 Å². The van der Waals surface area contributed by atoms with Gasteiger partial charge in [-0.15, -0.1) is 15.3 Å². The number of carboxylic acids is 2. The van der Waals surface area contributed by atoms with E-state index in [4.69, 9.17) is 10.2 Å². The number of carbonyl (C=O) groups is 2. The lowest BCUT2D eigenvalue weighted by Crippen LogP contribution is -2.00. The number of hydrogen-bond acceptors (Lipinski definition) is 8. The van der Waals surface area contributed by atoms with E-state index in [1.165, 1.54) is 15.9 Å². The van der Waals surface area contributed by atoms with Crippen molar-refractivity contribution in [1.82, 2.24) is 19.8 Å². The normalized spacial score (nSPS) is 10.9. The summed E-state index contributed by atoms with van der Waals surface area (Å²) in [5.41, 5.74) is 0. The standard InChI is InChI=1S/C7H6N4O4S3/c12-3(13)1-16-5-8-9-6-11(5)10-7(18-6)17-2-4(14)15/h1-2H2,(H,12,13)(H,14,15). The summed E-state index contributed by atoms with van der Waals surface area (Å²) in [5, 5.41) is 29.3. The average molecular weight is 306 g/mol. The maximum atomic E-state index is 10.4. The highest BCUT2D eigenvalue weighted by Crippen LogP contribution is 2.26. The fourth-order valence-corrected chi connectivity index (χ4v) is 3.23. The maximum absolute atomic E-state index is 10.4. The number of fused-ring (bicyclic) bond motifs is 1. The fourth-order valence-electron chi connectivity index (χ4n) is 0.980.